The zero-order valence-corrected chi connectivity index (χ0v) is 42.0. The first-order chi connectivity index (χ1) is 36.1. The van der Waals surface area contributed by atoms with Crippen molar-refractivity contribution in [1.29, 1.82) is 0 Å². The predicted molar refractivity (Wildman–Crippen MR) is 277 cm³/mol. The van der Waals surface area contributed by atoms with E-state index in [-0.39, 0.29) is 51.2 Å². The highest BCUT2D eigenvalue weighted by Gasteiger charge is 2.55. The number of hydrogen-bond donors (Lipinski definition) is 4. The average molecular weight is 1020 g/mol. The number of piperazine rings is 1. The van der Waals surface area contributed by atoms with Gasteiger partial charge in [0.05, 0.1) is 43.7 Å². The lowest BCUT2D eigenvalue weighted by molar-refractivity contribution is -0.384. The molecule has 16 nitrogen and oxygen atoms in total. The summed E-state index contributed by atoms with van der Waals surface area (Å²) >= 11 is 0. The van der Waals surface area contributed by atoms with Crippen LogP contribution in [0.25, 0.3) is 11.0 Å². The molecule has 1 spiro atoms. The van der Waals surface area contributed by atoms with Gasteiger partial charge in [-0.1, -0.05) is 50.2 Å². The van der Waals surface area contributed by atoms with Gasteiger partial charge in [0.2, 0.25) is 0 Å². The fourth-order valence-corrected chi connectivity index (χ4v) is 12.4. The highest BCUT2D eigenvalue weighted by atomic mass is 32.2. The van der Waals surface area contributed by atoms with E-state index in [9.17, 15) is 32.8 Å². The number of sulfonamides is 1. The van der Waals surface area contributed by atoms with E-state index in [0.29, 0.717) is 43.6 Å². The van der Waals surface area contributed by atoms with E-state index >= 15 is 0 Å². The van der Waals surface area contributed by atoms with Gasteiger partial charge in [0.25, 0.3) is 21.6 Å². The van der Waals surface area contributed by atoms with Gasteiger partial charge in [-0.05, 0) is 116 Å². The van der Waals surface area contributed by atoms with Gasteiger partial charge >= 0.3 is 0 Å². The molecule has 0 unspecified atom stereocenters. The van der Waals surface area contributed by atoms with Gasteiger partial charge in [-0.25, -0.2) is 22.5 Å². The first kappa shape index (κ1) is 46.2. The Balaban J connectivity index is 0.839. The molecule has 18 heteroatoms. The van der Waals surface area contributed by atoms with Crippen LogP contribution >= 0.6 is 0 Å². The summed E-state index contributed by atoms with van der Waals surface area (Å²) in [4.78, 5) is 39.5. The first-order valence-electron chi connectivity index (χ1n) is 26.5. The van der Waals surface area contributed by atoms with Crippen LogP contribution in [0.2, 0.25) is 0 Å². The standard InChI is InChI=1S/C55H63FN8O8S/c1-35(2)43-7-5-6-8-44(43)50-32-61(31-37-9-12-40(71-4)13-10-37)21-22-63(50)39-26-55(27-39)33-62(34-55)38-11-15-45(51(23-38)72-41-24-46-47(56)30-59-52(46)58-29-41)53(65)60-73(69,70)42-14-16-48(49(25-42)64(67)68)57-28-36-17-19-54(3,66)20-18-36/h5-16,23-25,29-30,35-36,39,50,57,66H,17-22,26-28,31-34H2,1-4H3,(H,58,59)(H,60,65)/t36?,50-,54?/m0/s1/i4D3. The number of carbonyl (C=O) groups is 1. The fourth-order valence-electron chi connectivity index (χ4n) is 11.4. The maximum Gasteiger partial charge on any atom is 0.293 e. The van der Waals surface area contributed by atoms with Crippen molar-refractivity contribution in [1.82, 2.24) is 24.5 Å². The Hall–Kier alpha value is -6.60. The number of rotatable bonds is 16. The molecular weight excluding hydrogens is 952 g/mol. The van der Waals surface area contributed by atoms with Crippen LogP contribution in [0.4, 0.5) is 21.5 Å². The summed E-state index contributed by atoms with van der Waals surface area (Å²) in [6, 6.07) is 26.2. The minimum Gasteiger partial charge on any atom is -0.497 e. The Morgan fingerprint density at radius 3 is 2.53 bits per heavy atom. The van der Waals surface area contributed by atoms with Crippen LogP contribution in [0.1, 0.15) is 102 Å². The van der Waals surface area contributed by atoms with Crippen molar-refractivity contribution in [2.45, 2.75) is 94.3 Å². The Bertz CT molecular complexity index is 3240. The number of benzene rings is 4. The molecule has 2 saturated carbocycles. The number of fused-ring (bicyclic) bond motifs is 1. The number of hydrogen-bond acceptors (Lipinski definition) is 13. The van der Waals surface area contributed by atoms with Crippen molar-refractivity contribution in [2.75, 3.05) is 56.5 Å². The van der Waals surface area contributed by atoms with Gasteiger partial charge in [0.15, 0.2) is 0 Å². The number of nitro groups is 1. The Morgan fingerprint density at radius 2 is 1.79 bits per heavy atom. The molecule has 4 heterocycles. The van der Waals surface area contributed by atoms with Crippen molar-refractivity contribution in [3.05, 3.63) is 142 Å². The molecule has 2 aliphatic heterocycles. The highest BCUT2D eigenvalue weighted by Crippen LogP contribution is 2.54. The zero-order valence-electron chi connectivity index (χ0n) is 44.1. The number of methoxy groups -OCH3 is 1. The molecule has 10 rings (SSSR count). The largest absolute Gasteiger partial charge is 0.497 e. The summed E-state index contributed by atoms with van der Waals surface area (Å²) in [5, 5.41) is 25.8. The molecule has 1 atom stereocenters. The second-order valence-corrected chi connectivity index (χ2v) is 22.8. The number of aromatic nitrogens is 2. The second kappa shape index (κ2) is 20.0. The highest BCUT2D eigenvalue weighted by molar-refractivity contribution is 7.90. The number of halogens is 1. The van der Waals surface area contributed by atoms with Crippen molar-refractivity contribution >= 4 is 44.0 Å². The fraction of sp³-hybridized carbons (Fsp3) is 0.418. The van der Waals surface area contributed by atoms with Gasteiger partial charge in [-0.2, -0.15) is 0 Å². The Kier molecular flexibility index (Phi) is 12.7. The molecule has 4 aromatic carbocycles. The lowest BCUT2D eigenvalue weighted by atomic mass is 9.59. The van der Waals surface area contributed by atoms with Gasteiger partial charge in [-0.3, -0.25) is 24.7 Å². The van der Waals surface area contributed by atoms with E-state index < -0.39 is 49.9 Å². The number of carbonyl (C=O) groups excluding carboxylic acids is 1. The summed E-state index contributed by atoms with van der Waals surface area (Å²) in [6.45, 7) is 11.4. The number of nitrogens with one attached hydrogen (secondary N) is 3. The van der Waals surface area contributed by atoms with Crippen molar-refractivity contribution < 1.29 is 41.2 Å². The lowest BCUT2D eigenvalue weighted by Crippen LogP contribution is -2.68. The number of H-pyrrole nitrogens is 1. The summed E-state index contributed by atoms with van der Waals surface area (Å²) < 4.78 is 78.2. The number of aromatic amines is 1. The van der Waals surface area contributed by atoms with E-state index in [2.05, 4.69) is 72.8 Å². The van der Waals surface area contributed by atoms with Gasteiger partial charge in [0.1, 0.15) is 34.4 Å². The third-order valence-electron chi connectivity index (χ3n) is 15.5. The van der Waals surface area contributed by atoms with Crippen molar-refractivity contribution in [3.8, 4) is 17.2 Å². The predicted octanol–water partition coefficient (Wildman–Crippen LogP) is 9.53. The van der Waals surface area contributed by atoms with Crippen molar-refractivity contribution in [3.63, 3.8) is 0 Å². The quantitative estimate of drug-likeness (QED) is 0.0529. The maximum absolute atomic E-state index is 14.7. The molecule has 1 amide bonds. The number of nitrogens with zero attached hydrogens (tertiary/aromatic N) is 5. The molecule has 2 aromatic heterocycles. The summed E-state index contributed by atoms with van der Waals surface area (Å²) in [7, 11) is -7.18. The molecule has 4 N–H and O–H groups in total. The van der Waals surface area contributed by atoms with E-state index in [1.54, 1.807) is 31.2 Å². The van der Waals surface area contributed by atoms with Gasteiger partial charge in [-0.15, -0.1) is 0 Å². The van der Waals surface area contributed by atoms with Crippen LogP contribution in [0.5, 0.6) is 17.2 Å². The molecule has 73 heavy (non-hydrogen) atoms. The monoisotopic (exact) mass is 1020 g/mol. The Labute approximate surface area is 429 Å². The summed E-state index contributed by atoms with van der Waals surface area (Å²) in [5.74, 6) is -0.696. The minimum absolute atomic E-state index is 0.00565. The molecule has 4 fully saturated rings. The van der Waals surface area contributed by atoms with E-state index in [1.807, 2.05) is 12.1 Å². The number of aliphatic hydroxyl groups is 1. The van der Waals surface area contributed by atoms with Gasteiger partial charge in [0, 0.05) is 87.3 Å². The summed E-state index contributed by atoms with van der Waals surface area (Å²) in [5.41, 5.74) is 3.58. The molecule has 384 valence electrons. The van der Waals surface area contributed by atoms with E-state index in [4.69, 9.17) is 13.6 Å². The molecule has 2 aliphatic carbocycles. The SMILES string of the molecule is [2H]C([2H])([2H])Oc1ccc(CN2CCN(C3CC4(C3)CN(c3ccc(C(=O)NS(=O)(=O)c5ccc(NCC6CCC(C)(O)CC6)c([N+](=O)[O-])c5)c(Oc5cnc6[nH]cc(F)c6c5)c3)C4)[C@H](c3ccccc3C(C)C)C2)cc1. The first-order valence-corrected chi connectivity index (χ1v) is 26.4. The molecular formula is C55H63FN8O8S. The molecule has 6 aromatic rings. The van der Waals surface area contributed by atoms with Crippen LogP contribution in [0.3, 0.4) is 0 Å². The lowest BCUT2D eigenvalue weighted by Gasteiger charge is -2.63. The normalized spacial score (nSPS) is 22.2. The number of nitro benzene ring substituents is 1. The summed E-state index contributed by atoms with van der Waals surface area (Å²) in [6.07, 6.45) is 7.21. The zero-order chi connectivity index (χ0) is 53.7. The Morgan fingerprint density at radius 1 is 1.03 bits per heavy atom. The molecule has 2 saturated heterocycles. The van der Waals surface area contributed by atoms with Crippen molar-refractivity contribution in [2.24, 2.45) is 11.3 Å². The minimum atomic E-state index is -4.66. The average Bonchev–Trinajstić information content (AvgIpc) is 3.78. The van der Waals surface area contributed by atoms with Crippen LogP contribution in [0.15, 0.2) is 108 Å². The van der Waals surface area contributed by atoms with Crippen LogP contribution < -0.4 is 24.4 Å². The molecule has 0 radical (unpaired) electrons. The number of anilines is 2. The van der Waals surface area contributed by atoms with Crippen LogP contribution in [-0.4, -0.2) is 102 Å². The topological polar surface area (TPSA) is 195 Å². The molecule has 4 aliphatic rings. The van der Waals surface area contributed by atoms with Gasteiger partial charge < -0.3 is 29.8 Å². The number of ether oxygens (including phenoxy) is 2. The third kappa shape index (κ3) is 10.6. The van der Waals surface area contributed by atoms with E-state index in [0.717, 1.165) is 75.7 Å². The number of amides is 1. The smallest absolute Gasteiger partial charge is 0.293 e. The van der Waals surface area contributed by atoms with Crippen LogP contribution in [-0.2, 0) is 16.6 Å². The molecule has 0 bridgehead atoms. The second-order valence-electron chi connectivity index (χ2n) is 21.1. The van der Waals surface area contributed by atoms with Crippen LogP contribution in [0, 0.1) is 27.3 Å². The maximum atomic E-state index is 14.7. The number of pyridine rings is 1. The van der Waals surface area contributed by atoms with E-state index in [1.165, 1.54) is 47.8 Å². The third-order valence-corrected chi connectivity index (χ3v) is 16.8.